The van der Waals surface area contributed by atoms with Gasteiger partial charge in [-0.3, -0.25) is 9.59 Å². The highest BCUT2D eigenvalue weighted by Gasteiger charge is 2.67. The molecule has 3 fully saturated rings. The van der Waals surface area contributed by atoms with Gasteiger partial charge < -0.3 is 38.7 Å². The van der Waals surface area contributed by atoms with Gasteiger partial charge in [0.05, 0.1) is 66.7 Å². The summed E-state index contributed by atoms with van der Waals surface area (Å²) < 4.78 is 24.6. The van der Waals surface area contributed by atoms with Crippen LogP contribution in [0.1, 0.15) is 50.5 Å². The molecule has 0 spiro atoms. The van der Waals surface area contributed by atoms with Gasteiger partial charge in [0.15, 0.2) is 12.1 Å². The van der Waals surface area contributed by atoms with Crippen molar-refractivity contribution in [3.8, 4) is 44.5 Å². The summed E-state index contributed by atoms with van der Waals surface area (Å²) in [5, 5.41) is 0. The molecule has 5 aliphatic heterocycles. The lowest BCUT2D eigenvalue weighted by molar-refractivity contribution is -0.147. The minimum Gasteiger partial charge on any atom is -0.464 e. The molecule has 13 rings (SSSR count). The van der Waals surface area contributed by atoms with E-state index in [0.717, 1.165) is 79.6 Å². The van der Waals surface area contributed by atoms with Gasteiger partial charge in [-0.2, -0.15) is 0 Å². The first-order valence-corrected chi connectivity index (χ1v) is 31.8. The van der Waals surface area contributed by atoms with Gasteiger partial charge >= 0.3 is 23.9 Å². The number of H-pyrrole nitrogens is 2. The van der Waals surface area contributed by atoms with E-state index >= 15 is 9.59 Å². The summed E-state index contributed by atoms with van der Waals surface area (Å²) in [5.74, 6) is -7.02. The van der Waals surface area contributed by atoms with E-state index in [1.807, 2.05) is 109 Å². The Labute approximate surface area is 542 Å². The Morgan fingerprint density at radius 2 is 0.633 bits per heavy atom. The molecule has 0 radical (unpaired) electrons. The SMILES string of the molecule is CCOC(=O)[C@@H]1[C@H](C(=O)OCC)N1c1ccc(N2[C@@H](C(=O)OCC)C3C(=O)N(c4ccc(-c5c6nc(c(-c7ccc(Br)cc7)c7ccc([nH]7)c(-c7ccc(Br)cc7)c7nc(c(-c8ccc(Br)cc8)c8ccc5[nH]8)C=C7)C=C6)cc4)C(=O)C3[C@@H]2C(=O)OCC)cc1. The third-order valence-corrected chi connectivity index (χ3v) is 18.2. The minimum atomic E-state index is -1.46. The molecular formula is C70H56Br3N7O10. The zero-order chi connectivity index (χ0) is 62.6. The van der Waals surface area contributed by atoms with Crippen molar-refractivity contribution in [1.82, 2.24) is 19.9 Å². The van der Waals surface area contributed by atoms with Crippen LogP contribution in [0, 0.1) is 11.8 Å². The van der Waals surface area contributed by atoms with Crippen LogP contribution in [0.4, 0.5) is 17.1 Å². The Morgan fingerprint density at radius 1 is 0.378 bits per heavy atom. The smallest absolute Gasteiger partial charge is 0.331 e. The van der Waals surface area contributed by atoms with E-state index < -0.39 is 71.7 Å². The first-order valence-electron chi connectivity index (χ1n) is 29.5. The highest BCUT2D eigenvalue weighted by molar-refractivity contribution is 9.11. The van der Waals surface area contributed by atoms with Crippen molar-refractivity contribution in [1.29, 1.82) is 0 Å². The van der Waals surface area contributed by atoms with Gasteiger partial charge in [-0.1, -0.05) is 96.3 Å². The number of hydrogen-bond acceptors (Lipinski definition) is 14. The molecule has 452 valence electrons. The van der Waals surface area contributed by atoms with E-state index in [1.165, 1.54) is 4.90 Å². The second-order valence-electron chi connectivity index (χ2n) is 21.8. The molecule has 8 aromatic rings. The largest absolute Gasteiger partial charge is 0.464 e. The summed E-state index contributed by atoms with van der Waals surface area (Å²) in [6.07, 6.45) is 8.06. The first kappa shape index (κ1) is 59.7. The van der Waals surface area contributed by atoms with Crippen LogP contribution in [0.3, 0.4) is 0 Å². The van der Waals surface area contributed by atoms with Crippen molar-refractivity contribution < 1.29 is 47.7 Å². The van der Waals surface area contributed by atoms with E-state index in [2.05, 4.69) is 82.0 Å². The quantitative estimate of drug-likeness (QED) is 0.0424. The molecule has 17 nitrogen and oxygen atoms in total. The van der Waals surface area contributed by atoms with Crippen molar-refractivity contribution in [2.45, 2.75) is 51.9 Å². The molecule has 8 heterocycles. The number of carbonyl (C=O) groups excluding carboxylic acids is 6. The van der Waals surface area contributed by atoms with Gasteiger partial charge in [0.1, 0.15) is 12.1 Å². The highest BCUT2D eigenvalue weighted by Crippen LogP contribution is 2.49. The molecule has 2 unspecified atom stereocenters. The predicted molar refractivity (Wildman–Crippen MR) is 356 cm³/mol. The number of benzene rings is 5. The molecule has 2 amide bonds. The van der Waals surface area contributed by atoms with Crippen molar-refractivity contribution in [3.05, 3.63) is 182 Å². The van der Waals surface area contributed by atoms with Gasteiger partial charge in [0, 0.05) is 69.1 Å². The molecule has 3 aromatic heterocycles. The zero-order valence-electron chi connectivity index (χ0n) is 48.9. The number of hydrogen-bond donors (Lipinski definition) is 2. The fraction of sp³-hybridized carbons (Fsp3) is 0.200. The number of rotatable bonds is 15. The van der Waals surface area contributed by atoms with Crippen molar-refractivity contribution in [3.63, 3.8) is 0 Å². The first-order chi connectivity index (χ1) is 43.7. The van der Waals surface area contributed by atoms with E-state index in [4.69, 9.17) is 28.9 Å². The average molecular weight is 1390 g/mol. The van der Waals surface area contributed by atoms with Crippen LogP contribution in [-0.4, -0.2) is 106 Å². The number of aromatic amines is 2. The van der Waals surface area contributed by atoms with Gasteiger partial charge in [-0.05, 0) is 171 Å². The van der Waals surface area contributed by atoms with Crippen molar-refractivity contribution in [2.75, 3.05) is 41.1 Å². The average Bonchev–Trinajstić information content (AvgIpc) is 1.57. The number of halogens is 3. The van der Waals surface area contributed by atoms with Crippen LogP contribution in [0.15, 0.2) is 159 Å². The summed E-state index contributed by atoms with van der Waals surface area (Å²) in [6.45, 7) is 6.68. The van der Waals surface area contributed by atoms with Crippen LogP contribution in [0.5, 0.6) is 0 Å². The number of aromatic nitrogens is 4. The van der Waals surface area contributed by atoms with Gasteiger partial charge in [-0.25, -0.2) is 34.0 Å². The van der Waals surface area contributed by atoms with Gasteiger partial charge in [-0.15, -0.1) is 0 Å². The van der Waals surface area contributed by atoms with E-state index in [1.54, 1.807) is 69.0 Å². The number of nitrogens with zero attached hydrogens (tertiary/aromatic N) is 5. The number of fused-ring (bicyclic) bond motifs is 9. The number of esters is 4. The lowest BCUT2D eigenvalue weighted by atomic mass is 9.89. The Balaban J connectivity index is 0.933. The maximum absolute atomic E-state index is 15.2. The van der Waals surface area contributed by atoms with Crippen LogP contribution >= 0.6 is 47.8 Å². The lowest BCUT2D eigenvalue weighted by Gasteiger charge is -2.33. The fourth-order valence-electron chi connectivity index (χ4n) is 12.8. The zero-order valence-corrected chi connectivity index (χ0v) is 53.7. The topological polar surface area (TPSA) is 206 Å². The number of carbonyl (C=O) groups is 6. The van der Waals surface area contributed by atoms with Crippen molar-refractivity contribution >= 4 is 147 Å². The monoisotopic (exact) mass is 1390 g/mol. The standard InChI is InChI=1S/C70H56Br3N7O10/c1-5-87-67(83)61-59-60(62(68(84)88-6-2)78(61)44-25-27-45(28-26-44)79-63(69(85)89-7-3)64(79)70(86)90-8-4)66(82)80(65(59)81)46-23-15-40(16-24-46)58-53-35-33-51(76-53)56(38-11-19-42(72)20-12-38)49-31-29-47(74-49)55(37-9-17-41(71)18-10-37)48-30-32-50(75-48)57(52-34-36-54(58)77-52)39-13-21-43(73)22-14-39/h9-36,59-64,74,77H,5-8H2,1-4H3/t59?,60?,61-,62-,63-,64+,79?/m1/s1. The molecule has 0 aliphatic carbocycles. The van der Waals surface area contributed by atoms with Crippen LogP contribution < -0.4 is 14.7 Å². The molecule has 8 bridgehead atoms. The van der Waals surface area contributed by atoms with Crippen LogP contribution in [0.2, 0.25) is 0 Å². The Kier molecular flexibility index (Phi) is 16.3. The Morgan fingerprint density at radius 3 is 0.922 bits per heavy atom. The molecule has 2 N–H and O–H groups in total. The summed E-state index contributed by atoms with van der Waals surface area (Å²) in [7, 11) is 0. The Hall–Kier alpha value is -9.24. The molecular weight excluding hydrogens is 1340 g/mol. The number of nitrogens with one attached hydrogen (secondary N) is 2. The summed E-state index contributed by atoms with van der Waals surface area (Å²) >= 11 is 10.9. The molecule has 20 heteroatoms. The maximum atomic E-state index is 15.2. The number of anilines is 3. The normalized spacial score (nSPS) is 18.9. The second-order valence-corrected chi connectivity index (χ2v) is 24.5. The van der Waals surface area contributed by atoms with Gasteiger partial charge in [0.2, 0.25) is 11.8 Å². The summed E-state index contributed by atoms with van der Waals surface area (Å²) in [6, 6.07) is 41.2. The molecule has 5 aromatic carbocycles. The van der Waals surface area contributed by atoms with E-state index in [-0.39, 0.29) is 37.8 Å². The van der Waals surface area contributed by atoms with Crippen LogP contribution in [-0.2, 0) is 47.7 Å². The Bertz CT molecular complexity index is 4360. The second kappa shape index (κ2) is 24.6. The molecule has 0 saturated carbocycles. The number of ether oxygens (including phenoxy) is 4. The predicted octanol–water partition coefficient (Wildman–Crippen LogP) is 13.8. The van der Waals surface area contributed by atoms with Crippen molar-refractivity contribution in [2.24, 2.45) is 11.8 Å². The fourth-order valence-corrected chi connectivity index (χ4v) is 13.6. The highest BCUT2D eigenvalue weighted by atomic mass is 79.9. The molecule has 5 aliphatic rings. The van der Waals surface area contributed by atoms with E-state index in [9.17, 15) is 19.2 Å². The number of imide groups is 1. The summed E-state index contributed by atoms with van der Waals surface area (Å²) in [5.41, 5.74) is 13.7. The summed E-state index contributed by atoms with van der Waals surface area (Å²) in [4.78, 5) is 108. The third kappa shape index (κ3) is 10.7. The third-order valence-electron chi connectivity index (χ3n) is 16.6. The maximum Gasteiger partial charge on any atom is 0.331 e. The van der Waals surface area contributed by atoms with Gasteiger partial charge in [0.25, 0.3) is 0 Å². The number of amides is 2. The molecule has 90 heavy (non-hydrogen) atoms. The lowest BCUT2D eigenvalue weighted by Crippen LogP contribution is -2.51. The van der Waals surface area contributed by atoms with E-state index in [0.29, 0.717) is 33.7 Å². The minimum absolute atomic E-state index is 0.0600. The molecule has 3 saturated heterocycles. The molecule has 6 atom stereocenters. The van der Waals surface area contributed by atoms with Crippen LogP contribution in [0.25, 0.3) is 90.9 Å².